The molecule has 1 atom stereocenters. The standard InChI is InChI=1S/C22H22O7/c1-22(2)18(24)8-12-14(23)9-17-19(21(12)29-22)20(25)13(10-28-17)11-5-6-15(26-3)16(7-11)27-4/h5-7,9-10,18,23-24H,8H2,1-4H3. The molecule has 1 aliphatic heterocycles. The first kappa shape index (κ1) is 19.1. The highest BCUT2D eigenvalue weighted by Crippen LogP contribution is 2.43. The lowest BCUT2D eigenvalue weighted by Gasteiger charge is -2.37. The number of phenols is 1. The molecule has 7 heteroatoms. The highest BCUT2D eigenvalue weighted by Gasteiger charge is 2.38. The van der Waals surface area contributed by atoms with E-state index in [0.717, 1.165) is 0 Å². The summed E-state index contributed by atoms with van der Waals surface area (Å²) in [6, 6.07) is 6.52. The molecular weight excluding hydrogens is 376 g/mol. The van der Waals surface area contributed by atoms with Crippen LogP contribution in [0, 0.1) is 0 Å². The number of rotatable bonds is 3. The van der Waals surface area contributed by atoms with Gasteiger partial charge in [0.25, 0.3) is 0 Å². The fourth-order valence-corrected chi connectivity index (χ4v) is 3.56. The Hall–Kier alpha value is -3.19. The molecule has 152 valence electrons. The Morgan fingerprint density at radius 3 is 2.55 bits per heavy atom. The summed E-state index contributed by atoms with van der Waals surface area (Å²) in [6.07, 6.45) is 0.699. The van der Waals surface area contributed by atoms with Crippen LogP contribution in [-0.4, -0.2) is 36.1 Å². The zero-order valence-corrected chi connectivity index (χ0v) is 16.6. The molecule has 0 saturated heterocycles. The summed E-state index contributed by atoms with van der Waals surface area (Å²) < 4.78 is 22.2. The fourth-order valence-electron chi connectivity index (χ4n) is 3.56. The summed E-state index contributed by atoms with van der Waals surface area (Å²) in [7, 11) is 3.05. The lowest BCUT2D eigenvalue weighted by atomic mass is 9.89. The first-order valence-electron chi connectivity index (χ1n) is 9.16. The molecule has 2 heterocycles. The van der Waals surface area contributed by atoms with Crippen molar-refractivity contribution in [3.05, 3.63) is 46.3 Å². The minimum absolute atomic E-state index is 0.0796. The Kier molecular flexibility index (Phi) is 4.42. The van der Waals surface area contributed by atoms with Gasteiger partial charge in [0.15, 0.2) is 11.5 Å². The first-order valence-corrected chi connectivity index (χ1v) is 9.16. The number of hydrogen-bond donors (Lipinski definition) is 2. The van der Waals surface area contributed by atoms with E-state index in [1.807, 2.05) is 0 Å². The minimum Gasteiger partial charge on any atom is -0.507 e. The largest absolute Gasteiger partial charge is 0.507 e. The summed E-state index contributed by atoms with van der Waals surface area (Å²) in [5.41, 5.74) is 0.291. The molecule has 0 amide bonds. The summed E-state index contributed by atoms with van der Waals surface area (Å²) in [6.45, 7) is 3.46. The highest BCUT2D eigenvalue weighted by molar-refractivity contribution is 5.90. The van der Waals surface area contributed by atoms with Gasteiger partial charge in [-0.25, -0.2) is 0 Å². The molecule has 29 heavy (non-hydrogen) atoms. The third-order valence-corrected chi connectivity index (χ3v) is 5.36. The predicted octanol–water partition coefficient (Wildman–Crippen LogP) is 3.26. The van der Waals surface area contributed by atoms with Gasteiger partial charge < -0.3 is 28.8 Å². The monoisotopic (exact) mass is 398 g/mol. The van der Waals surface area contributed by atoms with E-state index in [1.165, 1.54) is 26.5 Å². The van der Waals surface area contributed by atoms with Gasteiger partial charge in [-0.3, -0.25) is 4.79 Å². The molecule has 0 saturated carbocycles. The van der Waals surface area contributed by atoms with E-state index in [9.17, 15) is 15.0 Å². The molecule has 2 aromatic carbocycles. The number of fused-ring (bicyclic) bond motifs is 3. The zero-order valence-electron chi connectivity index (χ0n) is 16.6. The van der Waals surface area contributed by atoms with Gasteiger partial charge in [0.05, 0.1) is 25.9 Å². The van der Waals surface area contributed by atoms with Crippen molar-refractivity contribution in [2.75, 3.05) is 14.2 Å². The van der Waals surface area contributed by atoms with E-state index >= 15 is 0 Å². The Balaban J connectivity index is 1.98. The Morgan fingerprint density at radius 1 is 1.14 bits per heavy atom. The van der Waals surface area contributed by atoms with Crippen LogP contribution < -0.4 is 19.6 Å². The number of aliphatic hydroxyl groups is 1. The maximum Gasteiger partial charge on any atom is 0.204 e. The van der Waals surface area contributed by atoms with Crippen molar-refractivity contribution in [2.24, 2.45) is 0 Å². The number of ether oxygens (including phenoxy) is 3. The van der Waals surface area contributed by atoms with Gasteiger partial charge in [-0.2, -0.15) is 0 Å². The van der Waals surface area contributed by atoms with Crippen molar-refractivity contribution in [3.63, 3.8) is 0 Å². The number of aromatic hydroxyl groups is 1. The van der Waals surface area contributed by atoms with E-state index in [0.29, 0.717) is 28.2 Å². The molecule has 0 fully saturated rings. The van der Waals surface area contributed by atoms with Crippen LogP contribution in [0.3, 0.4) is 0 Å². The predicted molar refractivity (Wildman–Crippen MR) is 107 cm³/mol. The van der Waals surface area contributed by atoms with Crippen LogP contribution in [0.1, 0.15) is 19.4 Å². The summed E-state index contributed by atoms with van der Waals surface area (Å²) in [5.74, 6) is 1.19. The molecule has 1 aliphatic rings. The molecule has 1 aromatic heterocycles. The average Bonchev–Trinajstić information content (AvgIpc) is 2.69. The quantitative estimate of drug-likeness (QED) is 0.699. The lowest BCUT2D eigenvalue weighted by molar-refractivity contribution is -0.0406. The van der Waals surface area contributed by atoms with Gasteiger partial charge in [0.2, 0.25) is 5.43 Å². The molecule has 3 aromatic rings. The van der Waals surface area contributed by atoms with Crippen molar-refractivity contribution in [2.45, 2.75) is 32.0 Å². The van der Waals surface area contributed by atoms with Gasteiger partial charge in [0.1, 0.15) is 34.3 Å². The van der Waals surface area contributed by atoms with Crippen molar-refractivity contribution in [3.8, 4) is 34.1 Å². The Labute approximate surface area is 167 Å². The van der Waals surface area contributed by atoms with Crippen LogP contribution in [0.2, 0.25) is 0 Å². The van der Waals surface area contributed by atoms with Crippen LogP contribution in [0.15, 0.2) is 39.7 Å². The van der Waals surface area contributed by atoms with Crippen LogP contribution >= 0.6 is 0 Å². The molecule has 0 radical (unpaired) electrons. The fraction of sp³-hybridized carbons (Fsp3) is 0.318. The van der Waals surface area contributed by atoms with Crippen molar-refractivity contribution < 1.29 is 28.8 Å². The number of phenolic OH excluding ortho intramolecular Hbond substituents is 1. The van der Waals surface area contributed by atoms with E-state index in [-0.39, 0.29) is 34.3 Å². The molecule has 1 unspecified atom stereocenters. The number of aliphatic hydroxyl groups excluding tert-OH is 1. The van der Waals surface area contributed by atoms with Crippen molar-refractivity contribution in [1.82, 2.24) is 0 Å². The molecule has 0 bridgehead atoms. The third-order valence-electron chi connectivity index (χ3n) is 5.36. The van der Waals surface area contributed by atoms with Gasteiger partial charge in [-0.05, 0) is 31.5 Å². The van der Waals surface area contributed by atoms with Crippen LogP contribution in [0.5, 0.6) is 23.0 Å². The second-order valence-corrected chi connectivity index (χ2v) is 7.55. The molecule has 4 rings (SSSR count). The summed E-state index contributed by atoms with van der Waals surface area (Å²) in [4.78, 5) is 13.4. The SMILES string of the molecule is COc1ccc(-c2coc3cc(O)c4c(c3c2=O)OC(C)(C)C(O)C4)cc1OC. The van der Waals surface area contributed by atoms with Gasteiger partial charge in [-0.1, -0.05) is 6.07 Å². The Morgan fingerprint density at radius 2 is 1.86 bits per heavy atom. The van der Waals surface area contributed by atoms with Gasteiger partial charge in [0, 0.05) is 18.1 Å². The van der Waals surface area contributed by atoms with Gasteiger partial charge >= 0.3 is 0 Å². The molecular formula is C22H22O7. The smallest absolute Gasteiger partial charge is 0.204 e. The average molecular weight is 398 g/mol. The van der Waals surface area contributed by atoms with Crippen molar-refractivity contribution >= 4 is 11.0 Å². The summed E-state index contributed by atoms with van der Waals surface area (Å²) in [5, 5.41) is 20.9. The highest BCUT2D eigenvalue weighted by atomic mass is 16.5. The van der Waals surface area contributed by atoms with E-state index in [4.69, 9.17) is 18.6 Å². The third kappa shape index (κ3) is 2.98. The number of hydrogen-bond acceptors (Lipinski definition) is 7. The lowest BCUT2D eigenvalue weighted by Crippen LogP contribution is -2.46. The first-order chi connectivity index (χ1) is 13.8. The van der Waals surface area contributed by atoms with E-state index < -0.39 is 11.7 Å². The van der Waals surface area contributed by atoms with E-state index in [1.54, 1.807) is 32.0 Å². The molecule has 0 spiro atoms. The Bertz CT molecular complexity index is 1160. The minimum atomic E-state index is -0.917. The van der Waals surface area contributed by atoms with Crippen LogP contribution in [-0.2, 0) is 6.42 Å². The molecule has 0 aliphatic carbocycles. The van der Waals surface area contributed by atoms with Crippen LogP contribution in [0.25, 0.3) is 22.1 Å². The van der Waals surface area contributed by atoms with Crippen LogP contribution in [0.4, 0.5) is 0 Å². The molecule has 2 N–H and O–H groups in total. The number of benzene rings is 2. The number of methoxy groups -OCH3 is 2. The molecule has 7 nitrogen and oxygen atoms in total. The maximum absolute atomic E-state index is 13.4. The second-order valence-electron chi connectivity index (χ2n) is 7.55. The summed E-state index contributed by atoms with van der Waals surface area (Å²) >= 11 is 0. The van der Waals surface area contributed by atoms with Gasteiger partial charge in [-0.15, -0.1) is 0 Å². The topological polar surface area (TPSA) is 98.4 Å². The van der Waals surface area contributed by atoms with Crippen molar-refractivity contribution in [1.29, 1.82) is 0 Å². The van der Waals surface area contributed by atoms with E-state index in [2.05, 4.69) is 0 Å². The maximum atomic E-state index is 13.4. The normalized spacial score (nSPS) is 17.5. The second kappa shape index (κ2) is 6.70. The zero-order chi connectivity index (χ0) is 20.9.